The number of hydrogen-bond acceptors (Lipinski definition) is 3. The number of nitrogens with one attached hydrogen (secondary N) is 1. The van der Waals surface area contributed by atoms with Crippen molar-refractivity contribution >= 4 is 12.0 Å². The summed E-state index contributed by atoms with van der Waals surface area (Å²) in [5.41, 5.74) is 0. The second-order valence-corrected chi connectivity index (χ2v) is 6.57. The van der Waals surface area contributed by atoms with Crippen LogP contribution in [0.5, 0.6) is 0 Å². The van der Waals surface area contributed by atoms with E-state index in [1.54, 1.807) is 0 Å². The summed E-state index contributed by atoms with van der Waals surface area (Å²) in [7, 11) is 0. The summed E-state index contributed by atoms with van der Waals surface area (Å²) in [6, 6.07) is 0.143. The molecule has 2 rings (SSSR count). The maximum absolute atomic E-state index is 12.5. The van der Waals surface area contributed by atoms with Gasteiger partial charge in [-0.2, -0.15) is 0 Å². The molecule has 0 unspecified atom stereocenters. The quantitative estimate of drug-likeness (QED) is 0.794. The molecule has 1 aliphatic heterocycles. The third-order valence-electron chi connectivity index (χ3n) is 4.81. The van der Waals surface area contributed by atoms with E-state index < -0.39 is 0 Å². The molecule has 0 aromatic heterocycles. The van der Waals surface area contributed by atoms with Gasteiger partial charge in [0.1, 0.15) is 0 Å². The Bertz CT molecular complexity index is 359. The topological polar surface area (TPSA) is 58.6 Å². The molecule has 1 N–H and O–H groups in total. The number of carbonyl (C=O) groups is 2. The lowest BCUT2D eigenvalue weighted by atomic mass is 9.87. The van der Waals surface area contributed by atoms with Crippen LogP contribution in [0.3, 0.4) is 0 Å². The minimum atomic E-state index is -0.314. The van der Waals surface area contributed by atoms with Gasteiger partial charge in [-0.3, -0.25) is 4.79 Å². The molecule has 5 nitrogen and oxygen atoms in total. The smallest absolute Gasteiger partial charge is 0.407 e. The van der Waals surface area contributed by atoms with Crippen LogP contribution >= 0.6 is 0 Å². The van der Waals surface area contributed by atoms with Gasteiger partial charge in [0.15, 0.2) is 0 Å². The lowest BCUT2D eigenvalue weighted by molar-refractivity contribution is -0.137. The van der Waals surface area contributed by atoms with Crippen molar-refractivity contribution < 1.29 is 14.3 Å². The number of carbonyl (C=O) groups excluding carboxylic acids is 2. The Morgan fingerprint density at radius 2 is 1.77 bits per heavy atom. The zero-order valence-corrected chi connectivity index (χ0v) is 13.8. The Kier molecular flexibility index (Phi) is 7.00. The van der Waals surface area contributed by atoms with E-state index in [0.29, 0.717) is 12.5 Å². The maximum atomic E-state index is 12.5. The van der Waals surface area contributed by atoms with E-state index in [9.17, 15) is 9.59 Å². The van der Waals surface area contributed by atoms with E-state index in [-0.39, 0.29) is 18.1 Å². The first kappa shape index (κ1) is 17.1. The Morgan fingerprint density at radius 3 is 2.41 bits per heavy atom. The third kappa shape index (κ3) is 5.18. The van der Waals surface area contributed by atoms with E-state index in [1.165, 1.54) is 19.3 Å². The first-order valence-electron chi connectivity index (χ1n) is 8.92. The van der Waals surface area contributed by atoms with E-state index in [4.69, 9.17) is 4.74 Å². The molecule has 2 aliphatic rings. The Balaban J connectivity index is 1.66. The zero-order valence-electron chi connectivity index (χ0n) is 13.8. The molecule has 0 aromatic rings. The van der Waals surface area contributed by atoms with Gasteiger partial charge in [-0.1, -0.05) is 32.6 Å². The summed E-state index contributed by atoms with van der Waals surface area (Å²) in [5.74, 6) is 0.584. The number of piperidine rings is 1. The largest absolute Gasteiger partial charge is 0.450 e. The predicted molar refractivity (Wildman–Crippen MR) is 85.6 cm³/mol. The molecule has 126 valence electrons. The van der Waals surface area contributed by atoms with Crippen molar-refractivity contribution in [3.63, 3.8) is 0 Å². The number of unbranched alkanes of at least 4 members (excludes halogenated alkanes) is 1. The molecule has 5 heteroatoms. The molecule has 22 heavy (non-hydrogen) atoms. The second kappa shape index (κ2) is 9.01. The average molecular weight is 310 g/mol. The van der Waals surface area contributed by atoms with E-state index in [2.05, 4.69) is 12.2 Å². The van der Waals surface area contributed by atoms with Gasteiger partial charge in [-0.15, -0.1) is 0 Å². The van der Waals surface area contributed by atoms with Crippen molar-refractivity contribution in [3.8, 4) is 0 Å². The van der Waals surface area contributed by atoms with Gasteiger partial charge in [-0.05, 0) is 32.1 Å². The molecular weight excluding hydrogens is 280 g/mol. The highest BCUT2D eigenvalue weighted by molar-refractivity contribution is 5.79. The molecule has 0 radical (unpaired) electrons. The van der Waals surface area contributed by atoms with Crippen LogP contribution in [0.15, 0.2) is 0 Å². The maximum Gasteiger partial charge on any atom is 0.407 e. The fraction of sp³-hybridized carbons (Fsp3) is 0.882. The van der Waals surface area contributed by atoms with Gasteiger partial charge in [-0.25, -0.2) is 4.79 Å². The summed E-state index contributed by atoms with van der Waals surface area (Å²) in [6.07, 6.45) is 9.05. The van der Waals surface area contributed by atoms with E-state index in [0.717, 1.165) is 51.6 Å². The van der Waals surface area contributed by atoms with E-state index >= 15 is 0 Å². The summed E-state index contributed by atoms with van der Waals surface area (Å²) in [5, 5.41) is 2.92. The van der Waals surface area contributed by atoms with Crippen molar-refractivity contribution in [1.82, 2.24) is 10.2 Å². The molecule has 1 saturated carbocycles. The molecular formula is C17H30N2O3. The average Bonchev–Trinajstić information content (AvgIpc) is 2.56. The molecule has 0 atom stereocenters. The van der Waals surface area contributed by atoms with Crippen molar-refractivity contribution in [2.45, 2.75) is 70.8 Å². The summed E-state index contributed by atoms with van der Waals surface area (Å²) in [4.78, 5) is 26.1. The predicted octanol–water partition coefficient (Wildman–Crippen LogP) is 3.08. The number of alkyl carbamates (subject to hydrolysis) is 1. The van der Waals surface area contributed by atoms with Crippen LogP contribution in [0.25, 0.3) is 0 Å². The lowest BCUT2D eigenvalue weighted by Gasteiger charge is -2.35. The Labute approximate surface area is 133 Å². The molecule has 2 amide bonds. The fourth-order valence-electron chi connectivity index (χ4n) is 3.37. The second-order valence-electron chi connectivity index (χ2n) is 6.57. The highest BCUT2D eigenvalue weighted by atomic mass is 16.5. The van der Waals surface area contributed by atoms with Crippen LogP contribution in [0, 0.1) is 5.92 Å². The van der Waals surface area contributed by atoms with E-state index in [1.807, 2.05) is 4.90 Å². The Hall–Kier alpha value is -1.26. The summed E-state index contributed by atoms with van der Waals surface area (Å²) in [6.45, 7) is 4.08. The minimum absolute atomic E-state index is 0.143. The normalized spacial score (nSPS) is 20.7. The highest BCUT2D eigenvalue weighted by Gasteiger charge is 2.29. The minimum Gasteiger partial charge on any atom is -0.450 e. The zero-order chi connectivity index (χ0) is 15.8. The van der Waals surface area contributed by atoms with Crippen molar-refractivity contribution in [2.24, 2.45) is 5.92 Å². The van der Waals surface area contributed by atoms with Crippen molar-refractivity contribution in [1.29, 1.82) is 0 Å². The first-order valence-corrected chi connectivity index (χ1v) is 8.92. The van der Waals surface area contributed by atoms with Crippen LogP contribution in [0.1, 0.15) is 64.7 Å². The van der Waals surface area contributed by atoms with Crippen LogP contribution < -0.4 is 5.32 Å². The summed E-state index contributed by atoms with van der Waals surface area (Å²) < 4.78 is 5.12. The molecule has 1 saturated heterocycles. The monoisotopic (exact) mass is 310 g/mol. The molecule has 2 fully saturated rings. The third-order valence-corrected chi connectivity index (χ3v) is 4.81. The fourth-order valence-corrected chi connectivity index (χ4v) is 3.37. The number of hydrogen-bond donors (Lipinski definition) is 1. The van der Waals surface area contributed by atoms with Gasteiger partial charge in [0, 0.05) is 25.0 Å². The first-order chi connectivity index (χ1) is 10.7. The van der Waals surface area contributed by atoms with Gasteiger partial charge < -0.3 is 15.0 Å². The lowest BCUT2D eigenvalue weighted by Crippen LogP contribution is -2.48. The van der Waals surface area contributed by atoms with Gasteiger partial charge in [0.25, 0.3) is 0 Å². The van der Waals surface area contributed by atoms with Crippen LogP contribution in [-0.2, 0) is 9.53 Å². The van der Waals surface area contributed by atoms with Gasteiger partial charge in [0.05, 0.1) is 6.61 Å². The van der Waals surface area contributed by atoms with Crippen LogP contribution in [0.4, 0.5) is 4.79 Å². The van der Waals surface area contributed by atoms with Crippen LogP contribution in [0.2, 0.25) is 0 Å². The molecule has 1 heterocycles. The highest BCUT2D eigenvalue weighted by Crippen LogP contribution is 2.26. The number of rotatable bonds is 5. The number of nitrogens with zero attached hydrogens (tertiary/aromatic N) is 1. The Morgan fingerprint density at radius 1 is 1.09 bits per heavy atom. The molecule has 1 aliphatic carbocycles. The van der Waals surface area contributed by atoms with Crippen LogP contribution in [-0.4, -0.2) is 42.6 Å². The number of ether oxygens (including phenoxy) is 1. The molecule has 0 bridgehead atoms. The molecule has 0 spiro atoms. The van der Waals surface area contributed by atoms with Crippen molar-refractivity contribution in [2.75, 3.05) is 19.7 Å². The molecule has 0 aromatic carbocycles. The standard InChI is InChI=1S/C17H30N2O3/c1-2-3-13-22-17(21)18-15-9-11-19(12-10-15)16(20)14-7-5-4-6-8-14/h14-15H,2-13H2,1H3,(H,18,21). The number of amides is 2. The SMILES string of the molecule is CCCCOC(=O)NC1CCN(C(=O)C2CCCCC2)CC1. The summed E-state index contributed by atoms with van der Waals surface area (Å²) >= 11 is 0. The number of likely N-dealkylation sites (tertiary alicyclic amines) is 1. The van der Waals surface area contributed by atoms with Gasteiger partial charge >= 0.3 is 6.09 Å². The van der Waals surface area contributed by atoms with Crippen molar-refractivity contribution in [3.05, 3.63) is 0 Å². The van der Waals surface area contributed by atoms with Gasteiger partial charge in [0.2, 0.25) is 5.91 Å².